The van der Waals surface area contributed by atoms with E-state index in [0.717, 1.165) is 28.5 Å². The Hall–Kier alpha value is -1.88. The van der Waals surface area contributed by atoms with Gasteiger partial charge >= 0.3 is 0 Å². The van der Waals surface area contributed by atoms with Gasteiger partial charge in [-0.2, -0.15) is 0 Å². The van der Waals surface area contributed by atoms with Crippen molar-refractivity contribution in [1.29, 1.82) is 0 Å². The summed E-state index contributed by atoms with van der Waals surface area (Å²) in [5, 5.41) is 0. The van der Waals surface area contributed by atoms with Gasteiger partial charge in [-0.15, -0.1) is 11.8 Å². The Labute approximate surface area is 119 Å². The molecule has 0 saturated heterocycles. The first-order valence-electron chi connectivity index (χ1n) is 6.15. The molecule has 1 aliphatic rings. The number of anilines is 1. The Kier molecular flexibility index (Phi) is 3.44. The summed E-state index contributed by atoms with van der Waals surface area (Å²) in [7, 11) is 0. The number of hydrogen-bond acceptors (Lipinski definition) is 2. The molecule has 2 aromatic rings. The normalized spacial score (nSPS) is 14.0. The Balaban J connectivity index is 1.97. The van der Waals surface area contributed by atoms with E-state index < -0.39 is 11.6 Å². The molecule has 0 spiro atoms. The molecule has 2 nitrogen and oxygen atoms in total. The Bertz CT molecular complexity index is 675. The van der Waals surface area contributed by atoms with Crippen molar-refractivity contribution < 1.29 is 13.6 Å². The van der Waals surface area contributed by atoms with Gasteiger partial charge in [-0.1, -0.05) is 12.1 Å². The number of fused-ring (bicyclic) bond motifs is 1. The number of carbonyl (C=O) groups is 1. The minimum absolute atomic E-state index is 0.158. The zero-order chi connectivity index (χ0) is 14.1. The highest BCUT2D eigenvalue weighted by molar-refractivity contribution is 7.99. The van der Waals surface area contributed by atoms with Crippen molar-refractivity contribution in [2.45, 2.75) is 4.90 Å². The lowest BCUT2D eigenvalue weighted by Crippen LogP contribution is -2.35. The van der Waals surface area contributed by atoms with Crippen LogP contribution in [0.15, 0.2) is 47.4 Å². The van der Waals surface area contributed by atoms with Crippen LogP contribution < -0.4 is 4.90 Å². The van der Waals surface area contributed by atoms with Gasteiger partial charge in [-0.3, -0.25) is 4.79 Å². The summed E-state index contributed by atoms with van der Waals surface area (Å²) in [6.07, 6.45) is 0. The molecule has 2 aromatic carbocycles. The van der Waals surface area contributed by atoms with Crippen molar-refractivity contribution >= 4 is 23.4 Å². The van der Waals surface area contributed by atoms with E-state index in [1.54, 1.807) is 16.7 Å². The van der Waals surface area contributed by atoms with Crippen LogP contribution >= 0.6 is 11.8 Å². The first kappa shape index (κ1) is 13.1. The molecule has 0 saturated carbocycles. The second kappa shape index (κ2) is 5.25. The highest BCUT2D eigenvalue weighted by atomic mass is 32.2. The third kappa shape index (κ3) is 2.29. The molecule has 102 valence electrons. The predicted octanol–water partition coefficient (Wildman–Crippen LogP) is 3.72. The number of nitrogens with zero attached hydrogens (tertiary/aromatic N) is 1. The molecule has 20 heavy (non-hydrogen) atoms. The maximum atomic E-state index is 13.3. The van der Waals surface area contributed by atoms with Crippen molar-refractivity contribution in [2.75, 3.05) is 17.2 Å². The quantitative estimate of drug-likeness (QED) is 0.798. The van der Waals surface area contributed by atoms with Crippen LogP contribution in [-0.4, -0.2) is 18.2 Å². The SMILES string of the molecule is O=C(c1ccc(F)c(F)c1)N1CCSc2ccccc21. The topological polar surface area (TPSA) is 20.3 Å². The number of halogens is 2. The zero-order valence-corrected chi connectivity index (χ0v) is 11.3. The molecule has 0 radical (unpaired) electrons. The zero-order valence-electron chi connectivity index (χ0n) is 10.5. The molecule has 0 aliphatic carbocycles. The van der Waals surface area contributed by atoms with E-state index >= 15 is 0 Å². The van der Waals surface area contributed by atoms with Crippen LogP contribution in [0.3, 0.4) is 0 Å². The minimum atomic E-state index is -1.00. The first-order chi connectivity index (χ1) is 9.66. The number of thioether (sulfide) groups is 1. The molecule has 3 rings (SSSR count). The lowest BCUT2D eigenvalue weighted by atomic mass is 10.1. The molecule has 0 unspecified atom stereocenters. The molecule has 1 aliphatic heterocycles. The molecular weight excluding hydrogens is 280 g/mol. The summed E-state index contributed by atoms with van der Waals surface area (Å²) in [5.41, 5.74) is 0.976. The second-order valence-corrected chi connectivity index (χ2v) is 5.54. The lowest BCUT2D eigenvalue weighted by molar-refractivity contribution is 0.0987. The monoisotopic (exact) mass is 291 g/mol. The van der Waals surface area contributed by atoms with E-state index in [2.05, 4.69) is 0 Å². The van der Waals surface area contributed by atoms with Crippen molar-refractivity contribution in [1.82, 2.24) is 0 Å². The summed E-state index contributed by atoms with van der Waals surface area (Å²) in [6.45, 7) is 0.555. The van der Waals surface area contributed by atoms with Crippen LogP contribution in [0.4, 0.5) is 14.5 Å². The van der Waals surface area contributed by atoms with Gasteiger partial charge in [-0.25, -0.2) is 8.78 Å². The highest BCUT2D eigenvalue weighted by Gasteiger charge is 2.24. The molecule has 0 atom stereocenters. The molecule has 0 N–H and O–H groups in total. The number of carbonyl (C=O) groups excluding carboxylic acids is 1. The fraction of sp³-hybridized carbons (Fsp3) is 0.133. The third-order valence-electron chi connectivity index (χ3n) is 3.14. The standard InChI is InChI=1S/C15H11F2NOS/c16-11-6-5-10(9-12(11)17)15(19)18-7-8-20-14-4-2-1-3-13(14)18/h1-6,9H,7-8H2. The number of rotatable bonds is 1. The fourth-order valence-electron chi connectivity index (χ4n) is 2.17. The molecule has 5 heteroatoms. The van der Waals surface area contributed by atoms with E-state index in [1.807, 2.05) is 24.3 Å². The molecule has 0 fully saturated rings. The van der Waals surface area contributed by atoms with E-state index in [1.165, 1.54) is 6.07 Å². The van der Waals surface area contributed by atoms with Gasteiger partial charge in [0.1, 0.15) is 0 Å². The maximum Gasteiger partial charge on any atom is 0.258 e. The summed E-state index contributed by atoms with van der Waals surface area (Å²) in [5.74, 6) is -1.48. The summed E-state index contributed by atoms with van der Waals surface area (Å²) in [6, 6.07) is 10.8. The number of benzene rings is 2. The smallest absolute Gasteiger partial charge is 0.258 e. The molecule has 0 bridgehead atoms. The molecule has 1 heterocycles. The first-order valence-corrected chi connectivity index (χ1v) is 7.14. The van der Waals surface area contributed by atoms with Gasteiger partial charge in [0.2, 0.25) is 0 Å². The van der Waals surface area contributed by atoms with Crippen LogP contribution in [0.5, 0.6) is 0 Å². The van der Waals surface area contributed by atoms with Gasteiger partial charge in [-0.05, 0) is 30.3 Å². The largest absolute Gasteiger partial charge is 0.306 e. The van der Waals surface area contributed by atoms with Crippen LogP contribution in [0.2, 0.25) is 0 Å². The van der Waals surface area contributed by atoms with E-state index in [9.17, 15) is 13.6 Å². The van der Waals surface area contributed by atoms with E-state index in [0.29, 0.717) is 6.54 Å². The minimum Gasteiger partial charge on any atom is -0.306 e. The van der Waals surface area contributed by atoms with Crippen molar-refractivity contribution in [3.05, 3.63) is 59.7 Å². The average Bonchev–Trinajstić information content (AvgIpc) is 2.49. The van der Waals surface area contributed by atoms with Crippen LogP contribution in [-0.2, 0) is 0 Å². The van der Waals surface area contributed by atoms with Crippen LogP contribution in [0, 0.1) is 11.6 Å². The van der Waals surface area contributed by atoms with E-state index in [4.69, 9.17) is 0 Å². The summed E-state index contributed by atoms with van der Waals surface area (Å²) < 4.78 is 26.2. The van der Waals surface area contributed by atoms with Crippen LogP contribution in [0.1, 0.15) is 10.4 Å². The van der Waals surface area contributed by atoms with E-state index in [-0.39, 0.29) is 11.5 Å². The van der Waals surface area contributed by atoms with Crippen molar-refractivity contribution in [3.8, 4) is 0 Å². The van der Waals surface area contributed by atoms with Gasteiger partial charge < -0.3 is 4.90 Å². The number of hydrogen-bond donors (Lipinski definition) is 0. The number of amides is 1. The van der Waals surface area contributed by atoms with Gasteiger partial charge in [0.25, 0.3) is 5.91 Å². The Morgan fingerprint density at radius 2 is 1.90 bits per heavy atom. The summed E-state index contributed by atoms with van der Waals surface area (Å²) >= 11 is 1.68. The van der Waals surface area contributed by atoms with Gasteiger partial charge in [0, 0.05) is 22.8 Å². The van der Waals surface area contributed by atoms with Crippen LogP contribution in [0.25, 0.3) is 0 Å². The summed E-state index contributed by atoms with van der Waals surface area (Å²) in [4.78, 5) is 15.1. The Morgan fingerprint density at radius 1 is 1.10 bits per heavy atom. The predicted molar refractivity (Wildman–Crippen MR) is 75.2 cm³/mol. The Morgan fingerprint density at radius 3 is 2.70 bits per heavy atom. The van der Waals surface area contributed by atoms with Crippen molar-refractivity contribution in [2.24, 2.45) is 0 Å². The lowest BCUT2D eigenvalue weighted by Gasteiger charge is -2.29. The van der Waals surface area contributed by atoms with Crippen molar-refractivity contribution in [3.63, 3.8) is 0 Å². The fourth-order valence-corrected chi connectivity index (χ4v) is 3.16. The third-order valence-corrected chi connectivity index (χ3v) is 4.18. The second-order valence-electron chi connectivity index (χ2n) is 4.40. The maximum absolute atomic E-state index is 13.3. The molecular formula is C15H11F2NOS. The molecule has 1 amide bonds. The van der Waals surface area contributed by atoms with Gasteiger partial charge in [0.05, 0.1) is 5.69 Å². The number of para-hydroxylation sites is 1. The average molecular weight is 291 g/mol. The van der Waals surface area contributed by atoms with Gasteiger partial charge in [0.15, 0.2) is 11.6 Å². The molecule has 0 aromatic heterocycles. The highest BCUT2D eigenvalue weighted by Crippen LogP contribution is 2.35.